The summed E-state index contributed by atoms with van der Waals surface area (Å²) in [6.07, 6.45) is 1.50. The van der Waals surface area contributed by atoms with Crippen LogP contribution in [0.25, 0.3) is 22.5 Å². The second-order valence-electron chi connectivity index (χ2n) is 12.6. The minimum atomic E-state index is -3.44. The summed E-state index contributed by atoms with van der Waals surface area (Å²) in [7, 11) is -5.20. The number of rotatable bonds is 15. The van der Waals surface area contributed by atoms with Crippen molar-refractivity contribution in [2.75, 3.05) is 33.3 Å². The van der Waals surface area contributed by atoms with E-state index < -0.39 is 20.0 Å². The average Bonchev–Trinajstić information content (AvgIpc) is 3.90. The van der Waals surface area contributed by atoms with Gasteiger partial charge in [0.05, 0.1) is 38.3 Å². The van der Waals surface area contributed by atoms with Gasteiger partial charge in [-0.25, -0.2) is 26.8 Å². The maximum absolute atomic E-state index is 12.6. The highest BCUT2D eigenvalue weighted by Crippen LogP contribution is 2.29. The Labute approximate surface area is 348 Å². The molecule has 6 rings (SSSR count). The smallest absolute Gasteiger partial charge is 0.243 e. The fourth-order valence-corrected chi connectivity index (χ4v) is 10.7. The van der Waals surface area contributed by atoms with Crippen LogP contribution >= 0.6 is 22.7 Å². The molecule has 2 aromatic heterocycles. The molecule has 0 radical (unpaired) electrons. The summed E-state index contributed by atoms with van der Waals surface area (Å²) >= 11 is 3.22. The highest BCUT2D eigenvalue weighted by molar-refractivity contribution is 7.89. The highest BCUT2D eigenvalue weighted by Gasteiger charge is 2.23. The minimum Gasteiger partial charge on any atom is -0.496 e. The molecule has 0 spiro atoms. The van der Waals surface area contributed by atoms with Gasteiger partial charge in [0, 0.05) is 66.5 Å². The van der Waals surface area contributed by atoms with Crippen LogP contribution in [-0.4, -0.2) is 68.7 Å². The van der Waals surface area contributed by atoms with Crippen molar-refractivity contribution in [3.8, 4) is 28.3 Å². The molecule has 0 saturated heterocycles. The maximum atomic E-state index is 12.6. The first-order valence-electron chi connectivity index (χ1n) is 19.2. The number of aromatic nitrogens is 2. The van der Waals surface area contributed by atoms with Gasteiger partial charge in [-0.3, -0.25) is 0 Å². The van der Waals surface area contributed by atoms with Gasteiger partial charge in [-0.15, -0.1) is 22.7 Å². The fourth-order valence-electron chi connectivity index (χ4n) is 6.08. The summed E-state index contributed by atoms with van der Waals surface area (Å²) in [5.41, 5.74) is 7.15. The first-order chi connectivity index (χ1) is 27.4. The van der Waals surface area contributed by atoms with E-state index in [0.717, 1.165) is 50.3 Å². The van der Waals surface area contributed by atoms with Gasteiger partial charge in [0.1, 0.15) is 5.75 Å². The third-order valence-electron chi connectivity index (χ3n) is 9.06. The quantitative estimate of drug-likeness (QED) is 0.101. The zero-order valence-corrected chi connectivity index (χ0v) is 37.4. The molecule has 0 fully saturated rings. The molecule has 0 amide bonds. The SMILES string of the molecule is CC.CCN(CC)S(=O)(=O)c1ccc(-c2csc(Cc3cccc(C)c3)n2)cc1.CCN(CC)S(=O)(=O)c1ccc(-c2csc(Cc3ccccc3OC)n2)cc1. The number of nitrogens with zero attached hydrogens (tertiary/aromatic N) is 4. The molecule has 13 heteroatoms. The first kappa shape index (κ1) is 45.5. The lowest BCUT2D eigenvalue weighted by molar-refractivity contribution is 0.410. The number of ether oxygens (including phenoxy) is 1. The molecule has 4 aromatic carbocycles. The molecular formula is C44H54N4O5S4. The van der Waals surface area contributed by atoms with Crippen LogP contribution in [-0.2, 0) is 32.9 Å². The molecule has 0 bridgehead atoms. The topological polar surface area (TPSA) is 110 Å². The summed E-state index contributed by atoms with van der Waals surface area (Å²) in [5, 5.41) is 6.06. The van der Waals surface area contributed by atoms with Gasteiger partial charge in [-0.1, -0.05) is 114 Å². The number of benzene rings is 4. The molecular weight excluding hydrogens is 793 g/mol. The van der Waals surface area contributed by atoms with E-state index in [1.54, 1.807) is 54.0 Å². The van der Waals surface area contributed by atoms with Crippen LogP contribution in [0.5, 0.6) is 5.75 Å². The Morgan fingerprint density at radius 1 is 0.596 bits per heavy atom. The van der Waals surface area contributed by atoms with Crippen LogP contribution in [0, 0.1) is 6.92 Å². The van der Waals surface area contributed by atoms with Gasteiger partial charge >= 0.3 is 0 Å². The van der Waals surface area contributed by atoms with Gasteiger partial charge in [0.15, 0.2) is 0 Å². The van der Waals surface area contributed by atoms with Gasteiger partial charge in [0.2, 0.25) is 20.0 Å². The third-order valence-corrected chi connectivity index (χ3v) is 14.9. The largest absolute Gasteiger partial charge is 0.496 e. The van der Waals surface area contributed by atoms with Gasteiger partial charge in [0.25, 0.3) is 0 Å². The van der Waals surface area contributed by atoms with Crippen molar-refractivity contribution < 1.29 is 21.6 Å². The van der Waals surface area contributed by atoms with Crippen LogP contribution in [0.2, 0.25) is 0 Å². The second kappa shape index (κ2) is 21.5. The zero-order chi connectivity index (χ0) is 41.6. The Bertz CT molecular complexity index is 2370. The number of hydrogen-bond acceptors (Lipinski definition) is 9. The van der Waals surface area contributed by atoms with Crippen molar-refractivity contribution >= 4 is 42.7 Å². The summed E-state index contributed by atoms with van der Waals surface area (Å²) in [6.45, 7) is 15.3. The van der Waals surface area contributed by atoms with Crippen molar-refractivity contribution in [3.63, 3.8) is 0 Å². The number of aryl methyl sites for hydroxylation is 1. The van der Waals surface area contributed by atoms with E-state index in [1.807, 2.05) is 101 Å². The maximum Gasteiger partial charge on any atom is 0.243 e. The molecule has 304 valence electrons. The van der Waals surface area contributed by atoms with E-state index in [4.69, 9.17) is 14.7 Å². The molecule has 9 nitrogen and oxygen atoms in total. The van der Waals surface area contributed by atoms with Gasteiger partial charge in [-0.05, 0) is 42.8 Å². The Morgan fingerprint density at radius 2 is 1.05 bits per heavy atom. The number of sulfonamides is 2. The van der Waals surface area contributed by atoms with Crippen molar-refractivity contribution in [3.05, 3.63) is 135 Å². The van der Waals surface area contributed by atoms with Gasteiger partial charge < -0.3 is 4.74 Å². The summed E-state index contributed by atoms with van der Waals surface area (Å²) in [4.78, 5) is 10.1. The standard InChI is InChI=1S/C21H24N2O3S2.C21H24N2O2S2.C2H6/c1-4-23(5-2)28(24,25)18-12-10-16(11-13-18)19-15-27-21(22-19)14-17-8-6-7-9-20(17)26-3;1-4-23(5-2)27(24,25)19-11-9-18(10-12-19)20-15-26-21(22-20)14-17-8-6-7-16(3)13-17;1-2/h6-13,15H,4-5,14H2,1-3H3;6-13,15H,4-5,14H2,1-3H3;1-2H3. The van der Waals surface area contributed by atoms with Crippen LogP contribution in [0.1, 0.15) is 68.2 Å². The Morgan fingerprint density at radius 3 is 1.49 bits per heavy atom. The average molecular weight is 847 g/mol. The van der Waals surface area contributed by atoms with Crippen LogP contribution in [0.15, 0.2) is 118 Å². The normalized spacial score (nSPS) is 11.5. The molecule has 0 saturated carbocycles. The number of para-hydroxylation sites is 1. The number of thiazole rings is 2. The van der Waals surface area contributed by atoms with E-state index in [2.05, 4.69) is 31.2 Å². The second-order valence-corrected chi connectivity index (χ2v) is 18.4. The number of hydrogen-bond donors (Lipinski definition) is 0. The predicted molar refractivity (Wildman–Crippen MR) is 236 cm³/mol. The van der Waals surface area contributed by atoms with Crippen molar-refractivity contribution in [2.24, 2.45) is 0 Å². The summed E-state index contributed by atoms with van der Waals surface area (Å²) < 4.78 is 58.7. The van der Waals surface area contributed by atoms with Crippen LogP contribution in [0.3, 0.4) is 0 Å². The zero-order valence-electron chi connectivity index (χ0n) is 34.1. The Kier molecular flexibility index (Phi) is 17.1. The van der Waals surface area contributed by atoms with Crippen LogP contribution in [0.4, 0.5) is 0 Å². The molecule has 0 unspecified atom stereocenters. The van der Waals surface area contributed by atoms with E-state index in [-0.39, 0.29) is 0 Å². The molecule has 6 aromatic rings. The molecule has 0 aliphatic heterocycles. The molecule has 0 aliphatic rings. The third kappa shape index (κ3) is 11.7. The molecule has 0 aliphatic carbocycles. The fraction of sp³-hybridized carbons (Fsp3) is 0.318. The molecule has 2 heterocycles. The van der Waals surface area contributed by atoms with E-state index in [1.165, 1.54) is 19.7 Å². The Hall–Kier alpha value is -4.24. The first-order valence-corrected chi connectivity index (χ1v) is 23.8. The van der Waals surface area contributed by atoms with Crippen molar-refractivity contribution in [1.82, 2.24) is 18.6 Å². The number of methoxy groups -OCH3 is 1. The lowest BCUT2D eigenvalue weighted by Gasteiger charge is -2.18. The summed E-state index contributed by atoms with van der Waals surface area (Å²) in [5.74, 6) is 0.852. The lowest BCUT2D eigenvalue weighted by atomic mass is 10.1. The Balaban J connectivity index is 0.000000242. The van der Waals surface area contributed by atoms with Gasteiger partial charge in [-0.2, -0.15) is 8.61 Å². The molecule has 57 heavy (non-hydrogen) atoms. The highest BCUT2D eigenvalue weighted by atomic mass is 32.2. The minimum absolute atomic E-state index is 0.310. The van der Waals surface area contributed by atoms with E-state index in [9.17, 15) is 16.8 Å². The predicted octanol–water partition coefficient (Wildman–Crippen LogP) is 10.2. The molecule has 0 N–H and O–H groups in total. The lowest BCUT2D eigenvalue weighted by Crippen LogP contribution is -2.30. The van der Waals surface area contributed by atoms with Crippen molar-refractivity contribution in [1.29, 1.82) is 0 Å². The van der Waals surface area contributed by atoms with Crippen molar-refractivity contribution in [2.45, 2.75) is 71.1 Å². The monoisotopic (exact) mass is 846 g/mol. The van der Waals surface area contributed by atoms with E-state index >= 15 is 0 Å². The van der Waals surface area contributed by atoms with Crippen LogP contribution < -0.4 is 4.74 Å². The van der Waals surface area contributed by atoms with E-state index in [0.29, 0.717) is 42.4 Å². The summed E-state index contributed by atoms with van der Waals surface area (Å²) in [6, 6.07) is 30.3. The molecule has 0 atom stereocenters.